The van der Waals surface area contributed by atoms with Crippen LogP contribution in [0, 0.1) is 13.8 Å². The molecular weight excluding hydrogens is 410 g/mol. The van der Waals surface area contributed by atoms with Crippen molar-refractivity contribution in [3.8, 4) is 22.4 Å². The molecule has 34 heavy (non-hydrogen) atoms. The van der Waals surface area contributed by atoms with Crippen LogP contribution in [-0.2, 0) is 0 Å². The number of pyridine rings is 1. The van der Waals surface area contributed by atoms with Gasteiger partial charge in [0.2, 0.25) is 0 Å². The lowest BCUT2D eigenvalue weighted by Crippen LogP contribution is -2.04. The number of rotatable bonds is 3. The van der Waals surface area contributed by atoms with Crippen LogP contribution in [0.4, 0.5) is 0 Å². The molecule has 1 aliphatic rings. The van der Waals surface area contributed by atoms with Crippen molar-refractivity contribution >= 4 is 21.5 Å². The van der Waals surface area contributed by atoms with Crippen LogP contribution in [0.3, 0.4) is 0 Å². The number of hydrogen-bond acceptors (Lipinski definition) is 1. The van der Waals surface area contributed by atoms with E-state index in [2.05, 4.69) is 92.7 Å². The Bertz CT molecular complexity index is 1470. The second kappa shape index (κ2) is 8.72. The zero-order valence-electron chi connectivity index (χ0n) is 20.1. The Kier molecular flexibility index (Phi) is 5.41. The number of benzene rings is 4. The number of fused-ring (bicyclic) bond motifs is 3. The monoisotopic (exact) mass is 441 g/mol. The fourth-order valence-electron chi connectivity index (χ4n) is 5.99. The van der Waals surface area contributed by atoms with Crippen LogP contribution < -0.4 is 0 Å². The topological polar surface area (TPSA) is 12.9 Å². The first kappa shape index (κ1) is 21.1. The van der Waals surface area contributed by atoms with E-state index in [0.717, 1.165) is 5.69 Å². The first-order chi connectivity index (χ1) is 16.7. The van der Waals surface area contributed by atoms with Gasteiger partial charge in [0.15, 0.2) is 0 Å². The van der Waals surface area contributed by atoms with Crippen molar-refractivity contribution < 1.29 is 0 Å². The number of nitrogens with zero attached hydrogens (tertiary/aromatic N) is 1. The van der Waals surface area contributed by atoms with Crippen LogP contribution in [-0.4, -0.2) is 4.98 Å². The molecule has 0 spiro atoms. The van der Waals surface area contributed by atoms with E-state index >= 15 is 0 Å². The van der Waals surface area contributed by atoms with Crippen molar-refractivity contribution in [2.24, 2.45) is 0 Å². The average molecular weight is 442 g/mol. The molecular formula is C33H31N. The summed E-state index contributed by atoms with van der Waals surface area (Å²) in [5.74, 6) is 0.685. The molecule has 1 aliphatic carbocycles. The summed E-state index contributed by atoms with van der Waals surface area (Å²) < 4.78 is 0. The molecule has 0 unspecified atom stereocenters. The smallest absolute Gasteiger partial charge is 0.0786 e. The highest BCUT2D eigenvalue weighted by Crippen LogP contribution is 2.41. The van der Waals surface area contributed by atoms with E-state index < -0.39 is 0 Å². The van der Waals surface area contributed by atoms with Crippen LogP contribution in [0.1, 0.15) is 54.7 Å². The van der Waals surface area contributed by atoms with E-state index in [1.165, 1.54) is 87.0 Å². The van der Waals surface area contributed by atoms with E-state index in [9.17, 15) is 0 Å². The first-order valence-corrected chi connectivity index (χ1v) is 12.7. The molecule has 1 heterocycles. The van der Waals surface area contributed by atoms with Crippen molar-refractivity contribution in [2.45, 2.75) is 51.9 Å². The zero-order valence-corrected chi connectivity index (χ0v) is 20.1. The van der Waals surface area contributed by atoms with Crippen LogP contribution in [0.2, 0.25) is 0 Å². The second-order valence-corrected chi connectivity index (χ2v) is 10.1. The summed E-state index contributed by atoms with van der Waals surface area (Å²) in [6.07, 6.45) is 8.69. The minimum atomic E-state index is 0.685. The standard InChI is InChI=1S/C33H31N/c1-22-17-23(2)19-28(18-22)33-32-27(15-16-34-33)21-30(25-11-7-4-8-12-25)31-20-26(13-14-29(31)32)24-9-5-3-6-10-24/h4,7-8,11-21,24H,3,5-6,9-10H2,1-2H3. The predicted octanol–water partition coefficient (Wildman–Crippen LogP) is 9.39. The first-order valence-electron chi connectivity index (χ1n) is 12.7. The van der Waals surface area contributed by atoms with E-state index in [1.807, 2.05) is 6.20 Å². The Balaban J connectivity index is 1.67. The minimum absolute atomic E-state index is 0.685. The highest BCUT2D eigenvalue weighted by molar-refractivity contribution is 6.18. The van der Waals surface area contributed by atoms with Gasteiger partial charge in [-0.1, -0.05) is 85.0 Å². The van der Waals surface area contributed by atoms with Gasteiger partial charge in [0.05, 0.1) is 5.69 Å². The lowest BCUT2D eigenvalue weighted by Gasteiger charge is -2.23. The normalized spacial score (nSPS) is 14.6. The molecule has 5 aromatic rings. The molecule has 168 valence electrons. The third-order valence-electron chi connectivity index (χ3n) is 7.54. The second-order valence-electron chi connectivity index (χ2n) is 10.1. The third-order valence-corrected chi connectivity index (χ3v) is 7.54. The van der Waals surface area contributed by atoms with Crippen molar-refractivity contribution in [3.63, 3.8) is 0 Å². The quantitative estimate of drug-likeness (QED) is 0.254. The lowest BCUT2D eigenvalue weighted by molar-refractivity contribution is 0.444. The highest BCUT2D eigenvalue weighted by atomic mass is 14.7. The maximum absolute atomic E-state index is 4.92. The molecule has 0 radical (unpaired) electrons. The summed E-state index contributed by atoms with van der Waals surface area (Å²) in [7, 11) is 0. The van der Waals surface area contributed by atoms with Gasteiger partial charge in [0.1, 0.15) is 0 Å². The minimum Gasteiger partial charge on any atom is -0.256 e. The molecule has 0 bridgehead atoms. The van der Waals surface area contributed by atoms with Crippen molar-refractivity contribution in [1.29, 1.82) is 0 Å². The molecule has 1 nitrogen and oxygen atoms in total. The number of aryl methyl sites for hydroxylation is 2. The van der Waals surface area contributed by atoms with E-state index in [-0.39, 0.29) is 0 Å². The summed E-state index contributed by atoms with van der Waals surface area (Å²) in [6.45, 7) is 4.34. The SMILES string of the molecule is Cc1cc(C)cc(-c2nccc3cc(-c4ccccc4)c4cc(C5CCCCC5)ccc4c23)c1. The Labute approximate surface area is 202 Å². The van der Waals surface area contributed by atoms with Crippen molar-refractivity contribution in [1.82, 2.24) is 4.98 Å². The molecule has 1 fully saturated rings. The Morgan fingerprint density at radius 3 is 2.21 bits per heavy atom. The fraction of sp³-hybridized carbons (Fsp3) is 0.242. The molecule has 1 aromatic heterocycles. The largest absolute Gasteiger partial charge is 0.256 e. The summed E-state index contributed by atoms with van der Waals surface area (Å²) in [5.41, 5.74) is 8.93. The van der Waals surface area contributed by atoms with Gasteiger partial charge in [-0.15, -0.1) is 0 Å². The van der Waals surface area contributed by atoms with Crippen LogP contribution in [0.25, 0.3) is 43.9 Å². The molecule has 0 N–H and O–H groups in total. The predicted molar refractivity (Wildman–Crippen MR) is 145 cm³/mol. The van der Waals surface area contributed by atoms with E-state index in [0.29, 0.717) is 5.92 Å². The number of aromatic nitrogens is 1. The van der Waals surface area contributed by atoms with Crippen molar-refractivity contribution in [3.05, 3.63) is 102 Å². The fourth-order valence-corrected chi connectivity index (χ4v) is 5.99. The summed E-state index contributed by atoms with van der Waals surface area (Å²) >= 11 is 0. The highest BCUT2D eigenvalue weighted by Gasteiger charge is 2.19. The Morgan fingerprint density at radius 2 is 1.44 bits per heavy atom. The molecule has 0 amide bonds. The van der Waals surface area contributed by atoms with Crippen LogP contribution in [0.15, 0.2) is 85.1 Å². The molecule has 0 atom stereocenters. The van der Waals surface area contributed by atoms with Crippen LogP contribution >= 0.6 is 0 Å². The Morgan fingerprint density at radius 1 is 0.676 bits per heavy atom. The van der Waals surface area contributed by atoms with Gasteiger partial charge in [-0.3, -0.25) is 4.98 Å². The molecule has 1 heteroatoms. The maximum Gasteiger partial charge on any atom is 0.0786 e. The van der Waals surface area contributed by atoms with Gasteiger partial charge in [-0.2, -0.15) is 0 Å². The lowest BCUT2D eigenvalue weighted by atomic mass is 9.82. The van der Waals surface area contributed by atoms with Gasteiger partial charge in [0, 0.05) is 17.1 Å². The maximum atomic E-state index is 4.92. The average Bonchev–Trinajstić information content (AvgIpc) is 2.88. The van der Waals surface area contributed by atoms with Gasteiger partial charge in [-0.25, -0.2) is 0 Å². The molecule has 0 saturated heterocycles. The summed E-state index contributed by atoms with van der Waals surface area (Å²) in [6, 6.07) is 29.4. The van der Waals surface area contributed by atoms with Crippen LogP contribution in [0.5, 0.6) is 0 Å². The molecule has 1 saturated carbocycles. The molecule has 0 aliphatic heterocycles. The molecule has 4 aromatic carbocycles. The van der Waals surface area contributed by atoms with Gasteiger partial charge in [0.25, 0.3) is 0 Å². The third kappa shape index (κ3) is 3.80. The molecule has 6 rings (SSSR count). The van der Waals surface area contributed by atoms with Gasteiger partial charge < -0.3 is 0 Å². The zero-order chi connectivity index (χ0) is 23.1. The van der Waals surface area contributed by atoms with Crippen molar-refractivity contribution in [2.75, 3.05) is 0 Å². The van der Waals surface area contributed by atoms with Gasteiger partial charge in [-0.05, 0) is 89.7 Å². The van der Waals surface area contributed by atoms with E-state index in [1.54, 1.807) is 0 Å². The van der Waals surface area contributed by atoms with Gasteiger partial charge >= 0.3 is 0 Å². The Hall–Kier alpha value is -3.45. The summed E-state index contributed by atoms with van der Waals surface area (Å²) in [4.78, 5) is 4.92. The summed E-state index contributed by atoms with van der Waals surface area (Å²) in [5, 5.41) is 5.16. The van der Waals surface area contributed by atoms with E-state index in [4.69, 9.17) is 4.98 Å². The number of hydrogen-bond donors (Lipinski definition) is 0.